The lowest BCUT2D eigenvalue weighted by atomic mass is 10.3. The number of hydrogen-bond acceptors (Lipinski definition) is 7. The third-order valence-corrected chi connectivity index (χ3v) is 4.55. The quantitative estimate of drug-likeness (QED) is 0.591. The van der Waals surface area contributed by atoms with Crippen molar-refractivity contribution in [1.82, 2.24) is 14.9 Å². The second-order valence-corrected chi connectivity index (χ2v) is 6.27. The van der Waals surface area contributed by atoms with Crippen LogP contribution >= 0.6 is 24.2 Å². The molecule has 1 N–H and O–H groups in total. The van der Waals surface area contributed by atoms with E-state index in [9.17, 15) is 0 Å². The molecule has 1 aromatic rings. The molecule has 132 valence electrons. The van der Waals surface area contributed by atoms with Crippen LogP contribution in [-0.4, -0.2) is 68.0 Å². The van der Waals surface area contributed by atoms with Crippen molar-refractivity contribution in [1.29, 1.82) is 0 Å². The molecule has 1 aliphatic heterocycles. The van der Waals surface area contributed by atoms with Crippen molar-refractivity contribution in [2.75, 3.05) is 63.4 Å². The predicted molar refractivity (Wildman–Crippen MR) is 101 cm³/mol. The molecule has 0 radical (unpaired) electrons. The third-order valence-electron chi connectivity index (χ3n) is 3.78. The van der Waals surface area contributed by atoms with Crippen molar-refractivity contribution in [3.8, 4) is 5.88 Å². The van der Waals surface area contributed by atoms with Crippen LogP contribution in [0.3, 0.4) is 0 Å². The van der Waals surface area contributed by atoms with E-state index in [-0.39, 0.29) is 12.4 Å². The Morgan fingerprint density at radius 3 is 2.48 bits per heavy atom. The topological polar surface area (TPSA) is 53.5 Å². The molecule has 0 saturated carbocycles. The number of hydrogen-bond donors (Lipinski definition) is 1. The minimum Gasteiger partial charge on any atom is -0.477 e. The number of aromatic nitrogens is 2. The molecule has 1 fully saturated rings. The minimum absolute atomic E-state index is 0. The summed E-state index contributed by atoms with van der Waals surface area (Å²) in [5, 5.41) is 3.05. The lowest BCUT2D eigenvalue weighted by Crippen LogP contribution is -2.45. The highest BCUT2D eigenvalue weighted by Crippen LogP contribution is 2.36. The molecule has 0 amide bonds. The molecule has 6 nitrogen and oxygen atoms in total. The maximum Gasteiger partial charge on any atom is 0.234 e. The standard InChI is InChI=1S/C15H27N5OS.ClH/c1-5-6-11-21-14-12(22-4)13(17-15(16-2)18-14)20-9-7-19(3)8-10-20;/h5-11H2,1-4H3,(H,16,17,18);1H. The molecule has 0 aliphatic carbocycles. The van der Waals surface area contributed by atoms with Gasteiger partial charge in [-0.3, -0.25) is 0 Å². The van der Waals surface area contributed by atoms with Gasteiger partial charge >= 0.3 is 0 Å². The molecule has 1 aromatic heterocycles. The van der Waals surface area contributed by atoms with Crippen molar-refractivity contribution in [2.45, 2.75) is 24.7 Å². The average molecular weight is 362 g/mol. The number of piperazine rings is 1. The normalized spacial score (nSPS) is 15.2. The van der Waals surface area contributed by atoms with Crippen LogP contribution in [0.25, 0.3) is 0 Å². The Labute approximate surface area is 149 Å². The number of halogens is 1. The fraction of sp³-hybridized carbons (Fsp3) is 0.733. The SMILES string of the molecule is CCCCOc1nc(NC)nc(N2CCN(C)CC2)c1SC.Cl. The molecule has 0 unspecified atom stereocenters. The van der Waals surface area contributed by atoms with E-state index in [1.165, 1.54) is 0 Å². The molecular weight excluding hydrogens is 334 g/mol. The molecule has 0 spiro atoms. The van der Waals surface area contributed by atoms with Gasteiger partial charge in [0.2, 0.25) is 11.8 Å². The smallest absolute Gasteiger partial charge is 0.234 e. The number of ether oxygens (including phenoxy) is 1. The minimum atomic E-state index is 0. The lowest BCUT2D eigenvalue weighted by Gasteiger charge is -2.34. The Hall–Kier alpha value is -0.920. The fourth-order valence-electron chi connectivity index (χ4n) is 2.35. The van der Waals surface area contributed by atoms with E-state index in [4.69, 9.17) is 4.74 Å². The summed E-state index contributed by atoms with van der Waals surface area (Å²) in [5.41, 5.74) is 0. The lowest BCUT2D eigenvalue weighted by molar-refractivity contribution is 0.288. The van der Waals surface area contributed by atoms with Crippen molar-refractivity contribution >= 4 is 35.9 Å². The van der Waals surface area contributed by atoms with Gasteiger partial charge in [0.25, 0.3) is 0 Å². The fourth-order valence-corrected chi connectivity index (χ4v) is 2.99. The van der Waals surface area contributed by atoms with E-state index in [1.54, 1.807) is 11.8 Å². The van der Waals surface area contributed by atoms with E-state index >= 15 is 0 Å². The molecule has 1 aliphatic rings. The molecule has 2 rings (SSSR count). The Bertz CT molecular complexity index is 483. The van der Waals surface area contributed by atoms with Gasteiger partial charge in [-0.05, 0) is 19.7 Å². The van der Waals surface area contributed by atoms with Crippen LogP contribution in [0.1, 0.15) is 19.8 Å². The zero-order chi connectivity index (χ0) is 15.9. The van der Waals surface area contributed by atoms with Crippen molar-refractivity contribution in [2.24, 2.45) is 0 Å². The maximum absolute atomic E-state index is 5.91. The molecule has 23 heavy (non-hydrogen) atoms. The average Bonchev–Trinajstić information content (AvgIpc) is 2.55. The number of nitrogens with zero attached hydrogens (tertiary/aromatic N) is 4. The first-order valence-electron chi connectivity index (χ1n) is 7.89. The van der Waals surface area contributed by atoms with Crippen LogP contribution in [0.15, 0.2) is 4.90 Å². The highest BCUT2D eigenvalue weighted by Gasteiger charge is 2.22. The second-order valence-electron chi connectivity index (χ2n) is 5.45. The summed E-state index contributed by atoms with van der Waals surface area (Å²) in [7, 11) is 4.00. The Morgan fingerprint density at radius 1 is 1.22 bits per heavy atom. The van der Waals surface area contributed by atoms with Crippen LogP contribution in [0.4, 0.5) is 11.8 Å². The number of nitrogens with one attached hydrogen (secondary N) is 1. The zero-order valence-corrected chi connectivity index (χ0v) is 16.1. The predicted octanol–water partition coefficient (Wildman–Crippen LogP) is 2.59. The van der Waals surface area contributed by atoms with Crippen LogP contribution in [-0.2, 0) is 0 Å². The summed E-state index contributed by atoms with van der Waals surface area (Å²) in [4.78, 5) is 14.9. The Kier molecular flexibility index (Phi) is 8.79. The maximum atomic E-state index is 5.91. The molecule has 1 saturated heterocycles. The first-order chi connectivity index (χ1) is 10.7. The number of anilines is 2. The summed E-state index contributed by atoms with van der Waals surface area (Å²) < 4.78 is 5.91. The van der Waals surface area contributed by atoms with Gasteiger partial charge in [-0.15, -0.1) is 24.2 Å². The number of rotatable bonds is 7. The van der Waals surface area contributed by atoms with Crippen molar-refractivity contribution < 1.29 is 4.74 Å². The molecule has 0 atom stereocenters. The van der Waals surface area contributed by atoms with Crippen molar-refractivity contribution in [3.63, 3.8) is 0 Å². The summed E-state index contributed by atoms with van der Waals surface area (Å²) >= 11 is 1.66. The van der Waals surface area contributed by atoms with Crippen molar-refractivity contribution in [3.05, 3.63) is 0 Å². The highest BCUT2D eigenvalue weighted by atomic mass is 35.5. The summed E-state index contributed by atoms with van der Waals surface area (Å²) in [5.74, 6) is 2.32. The number of thioether (sulfide) groups is 1. The molecule has 0 aromatic carbocycles. The van der Waals surface area contributed by atoms with Gasteiger partial charge in [0, 0.05) is 33.2 Å². The zero-order valence-electron chi connectivity index (χ0n) is 14.5. The van der Waals surface area contributed by atoms with E-state index in [1.807, 2.05) is 7.05 Å². The van der Waals surface area contributed by atoms with Crippen LogP contribution < -0.4 is 15.0 Å². The largest absolute Gasteiger partial charge is 0.477 e. The molecular formula is C15H28ClN5OS. The van der Waals surface area contributed by atoms with Gasteiger partial charge in [-0.25, -0.2) is 0 Å². The molecule has 8 heteroatoms. The van der Waals surface area contributed by atoms with Crippen LogP contribution in [0, 0.1) is 0 Å². The highest BCUT2D eigenvalue weighted by molar-refractivity contribution is 7.98. The Balaban J connectivity index is 0.00000264. The summed E-state index contributed by atoms with van der Waals surface area (Å²) in [6.07, 6.45) is 4.21. The van der Waals surface area contributed by atoms with Crippen LogP contribution in [0.2, 0.25) is 0 Å². The van der Waals surface area contributed by atoms with E-state index in [0.29, 0.717) is 18.4 Å². The van der Waals surface area contributed by atoms with E-state index in [0.717, 1.165) is 49.7 Å². The van der Waals surface area contributed by atoms with Gasteiger partial charge in [0.1, 0.15) is 4.90 Å². The molecule has 0 bridgehead atoms. The number of unbranched alkanes of at least 4 members (excludes halogenated alkanes) is 1. The number of likely N-dealkylation sites (N-methyl/N-ethyl adjacent to an activating group) is 1. The van der Waals surface area contributed by atoms with Gasteiger partial charge in [-0.1, -0.05) is 13.3 Å². The monoisotopic (exact) mass is 361 g/mol. The van der Waals surface area contributed by atoms with Gasteiger partial charge in [0.05, 0.1) is 6.61 Å². The summed E-state index contributed by atoms with van der Waals surface area (Å²) in [6.45, 7) is 6.94. The third kappa shape index (κ3) is 5.29. The first kappa shape index (κ1) is 20.1. The molecule has 2 heterocycles. The Morgan fingerprint density at radius 2 is 1.91 bits per heavy atom. The van der Waals surface area contributed by atoms with Gasteiger partial charge < -0.3 is 19.9 Å². The van der Waals surface area contributed by atoms with Crippen LogP contribution in [0.5, 0.6) is 5.88 Å². The second kappa shape index (κ2) is 10.1. The first-order valence-corrected chi connectivity index (χ1v) is 9.12. The van der Waals surface area contributed by atoms with Gasteiger partial charge in [-0.2, -0.15) is 9.97 Å². The van der Waals surface area contributed by atoms with Gasteiger partial charge in [0.15, 0.2) is 5.82 Å². The van der Waals surface area contributed by atoms with E-state index in [2.05, 4.69) is 45.3 Å². The summed E-state index contributed by atoms with van der Waals surface area (Å²) in [6, 6.07) is 0. The van der Waals surface area contributed by atoms with E-state index < -0.39 is 0 Å².